The standard InChI is InChI=1S/C13H12N2O.Al.H/c16-13(11-6-2-1-3-7-11)15-10-12-8-4-5-9-14-12;;/h1-9H,10H2,(H,15,16);;/q;+1;/p-1. The maximum atomic E-state index is 12.1. The molecule has 2 aromatic rings. The lowest BCUT2D eigenvalue weighted by atomic mass is 10.2. The molecule has 0 bridgehead atoms. The lowest BCUT2D eigenvalue weighted by Crippen LogP contribution is -2.28. The average Bonchev–Trinajstić information content (AvgIpc) is 2.40. The van der Waals surface area contributed by atoms with Crippen LogP contribution in [-0.4, -0.2) is 31.3 Å². The SMILES string of the molecule is O=C(c1ccccc1)[N]([AlH])Cc1ccccn1. The number of hydrogen-bond donors (Lipinski definition) is 0. The fourth-order valence-corrected chi connectivity index (χ4v) is 1.93. The van der Waals surface area contributed by atoms with E-state index < -0.39 is 0 Å². The molecule has 0 N–H and O–H groups in total. The zero-order chi connectivity index (χ0) is 12.1. The molecular weight excluding hydrogens is 227 g/mol. The summed E-state index contributed by atoms with van der Waals surface area (Å²) in [6.45, 7) is 0.535. The minimum absolute atomic E-state index is 0.0228. The summed E-state index contributed by atoms with van der Waals surface area (Å²) in [5, 5.41) is 0. The zero-order valence-electron chi connectivity index (χ0n) is 9.41. The Balaban J connectivity index is 2.06. The fourth-order valence-electron chi connectivity index (χ4n) is 1.52. The first kappa shape index (κ1) is 11.8. The van der Waals surface area contributed by atoms with Crippen LogP contribution in [0.2, 0.25) is 0 Å². The highest BCUT2D eigenvalue weighted by Gasteiger charge is 2.10. The summed E-state index contributed by atoms with van der Waals surface area (Å²) < 4.78 is 1.69. The van der Waals surface area contributed by atoms with Crippen LogP contribution < -0.4 is 0 Å². The Morgan fingerprint density at radius 2 is 1.82 bits per heavy atom. The molecule has 83 valence electrons. The van der Waals surface area contributed by atoms with E-state index in [2.05, 4.69) is 4.98 Å². The Morgan fingerprint density at radius 1 is 1.12 bits per heavy atom. The van der Waals surface area contributed by atoms with Gasteiger partial charge >= 0.3 is 16.5 Å². The molecule has 0 aliphatic rings. The quantitative estimate of drug-likeness (QED) is 0.761. The second-order valence-corrected chi connectivity index (χ2v) is 4.45. The van der Waals surface area contributed by atoms with Crippen molar-refractivity contribution in [2.45, 2.75) is 6.54 Å². The van der Waals surface area contributed by atoms with Gasteiger partial charge in [-0.2, -0.15) is 0 Å². The lowest BCUT2D eigenvalue weighted by Gasteiger charge is -2.18. The maximum Gasteiger partial charge on any atom is 0.347 e. The maximum absolute atomic E-state index is 12.1. The van der Waals surface area contributed by atoms with Gasteiger partial charge in [0.15, 0.2) is 0 Å². The molecule has 17 heavy (non-hydrogen) atoms. The molecule has 0 atom stereocenters. The Hall–Kier alpha value is -1.63. The van der Waals surface area contributed by atoms with Crippen LogP contribution in [0.5, 0.6) is 0 Å². The minimum atomic E-state index is 0.0228. The summed E-state index contributed by atoms with van der Waals surface area (Å²) in [4.78, 5) is 16.3. The van der Waals surface area contributed by atoms with Gasteiger partial charge in [-0.15, -0.1) is 0 Å². The van der Waals surface area contributed by atoms with E-state index >= 15 is 0 Å². The van der Waals surface area contributed by atoms with Gasteiger partial charge in [-0.3, -0.25) is 9.78 Å². The van der Waals surface area contributed by atoms with E-state index in [1.165, 1.54) is 0 Å². The molecule has 0 fully saturated rings. The van der Waals surface area contributed by atoms with Gasteiger partial charge in [-0.1, -0.05) is 24.3 Å². The highest BCUT2D eigenvalue weighted by molar-refractivity contribution is 6.17. The number of nitrogens with zero attached hydrogens (tertiary/aromatic N) is 2. The highest BCUT2D eigenvalue weighted by Crippen LogP contribution is 2.05. The monoisotopic (exact) mass is 239 g/mol. The smallest absolute Gasteiger partial charge is 0.347 e. The number of carbonyl (C=O) groups is 1. The number of benzene rings is 1. The second-order valence-electron chi connectivity index (χ2n) is 3.69. The Morgan fingerprint density at radius 3 is 2.47 bits per heavy atom. The van der Waals surface area contributed by atoms with Crippen LogP contribution in [0.4, 0.5) is 0 Å². The van der Waals surface area contributed by atoms with Crippen LogP contribution in [-0.2, 0) is 6.54 Å². The molecule has 1 radical (unpaired) electrons. The highest BCUT2D eigenvalue weighted by atomic mass is 27.1. The van der Waals surface area contributed by atoms with Crippen molar-refractivity contribution in [2.24, 2.45) is 0 Å². The Bertz CT molecular complexity index is 487. The van der Waals surface area contributed by atoms with Gasteiger partial charge in [0.2, 0.25) is 5.91 Å². The van der Waals surface area contributed by atoms with Crippen LogP contribution in [0, 0.1) is 0 Å². The number of amides is 1. The summed E-state index contributed by atoms with van der Waals surface area (Å²) >= 11 is 1.56. The molecular formula is C13H12AlN2O. The topological polar surface area (TPSA) is 33.2 Å². The van der Waals surface area contributed by atoms with Crippen molar-refractivity contribution in [2.75, 3.05) is 0 Å². The number of pyridine rings is 1. The van der Waals surface area contributed by atoms with Crippen LogP contribution in [0.1, 0.15) is 16.1 Å². The predicted molar refractivity (Wildman–Crippen MR) is 67.7 cm³/mol. The molecule has 1 aromatic heterocycles. The first-order valence-electron chi connectivity index (χ1n) is 5.34. The van der Waals surface area contributed by atoms with Crippen LogP contribution in [0.25, 0.3) is 0 Å². The molecule has 0 saturated carbocycles. The Labute approximate surface area is 109 Å². The van der Waals surface area contributed by atoms with E-state index in [-0.39, 0.29) is 5.91 Å². The third kappa shape index (κ3) is 3.16. The summed E-state index contributed by atoms with van der Waals surface area (Å²) in [6, 6.07) is 15.0. The number of carbonyl (C=O) groups excluding carboxylic acids is 1. The van der Waals surface area contributed by atoms with Gasteiger partial charge in [-0.05, 0) is 24.3 Å². The van der Waals surface area contributed by atoms with E-state index in [0.717, 1.165) is 5.69 Å². The molecule has 4 heteroatoms. The lowest BCUT2D eigenvalue weighted by molar-refractivity contribution is 0.0855. The summed E-state index contributed by atoms with van der Waals surface area (Å²) in [5.41, 5.74) is 1.60. The Kier molecular flexibility index (Phi) is 3.92. The van der Waals surface area contributed by atoms with E-state index in [9.17, 15) is 4.79 Å². The van der Waals surface area contributed by atoms with Crippen LogP contribution in [0.3, 0.4) is 0 Å². The van der Waals surface area contributed by atoms with E-state index in [0.29, 0.717) is 12.1 Å². The number of aromatic nitrogens is 1. The first-order valence-corrected chi connectivity index (χ1v) is 5.98. The molecule has 0 aliphatic carbocycles. The predicted octanol–water partition coefficient (Wildman–Crippen LogP) is 1.54. The van der Waals surface area contributed by atoms with E-state index in [1.54, 1.807) is 26.6 Å². The third-order valence-electron chi connectivity index (χ3n) is 2.39. The second kappa shape index (κ2) is 5.63. The summed E-state index contributed by atoms with van der Waals surface area (Å²) in [6.07, 6.45) is 1.74. The normalized spacial score (nSPS) is 9.88. The first-order chi connectivity index (χ1) is 8.27. The van der Waals surface area contributed by atoms with E-state index in [4.69, 9.17) is 0 Å². The van der Waals surface area contributed by atoms with Crippen molar-refractivity contribution in [3.05, 3.63) is 66.0 Å². The van der Waals surface area contributed by atoms with Crippen molar-refractivity contribution < 1.29 is 4.79 Å². The zero-order valence-corrected chi connectivity index (χ0v) is 10.8. The van der Waals surface area contributed by atoms with Crippen LogP contribution >= 0.6 is 0 Å². The largest absolute Gasteiger partial charge is 0.437 e. The van der Waals surface area contributed by atoms with Gasteiger partial charge in [0.05, 0.1) is 5.69 Å². The molecule has 0 saturated heterocycles. The van der Waals surface area contributed by atoms with Gasteiger partial charge in [-0.25, -0.2) is 0 Å². The summed E-state index contributed by atoms with van der Waals surface area (Å²) in [7, 11) is 0. The average molecular weight is 239 g/mol. The van der Waals surface area contributed by atoms with Crippen LogP contribution in [0.15, 0.2) is 54.7 Å². The van der Waals surface area contributed by atoms with Crippen molar-refractivity contribution in [1.29, 1.82) is 0 Å². The fraction of sp³-hybridized carbons (Fsp3) is 0.0769. The minimum Gasteiger partial charge on any atom is -0.437 e. The third-order valence-corrected chi connectivity index (χ3v) is 2.90. The summed E-state index contributed by atoms with van der Waals surface area (Å²) in [5.74, 6) is 0.0228. The van der Waals surface area contributed by atoms with Crippen molar-refractivity contribution in [3.8, 4) is 0 Å². The molecule has 2 rings (SSSR count). The number of hydrogen-bond acceptors (Lipinski definition) is 2. The van der Waals surface area contributed by atoms with Crippen molar-refractivity contribution >= 4 is 22.4 Å². The van der Waals surface area contributed by atoms with Gasteiger partial charge in [0, 0.05) is 18.3 Å². The molecule has 0 spiro atoms. The molecule has 1 heterocycles. The molecule has 3 nitrogen and oxygen atoms in total. The molecule has 0 unspecified atom stereocenters. The molecule has 1 aromatic carbocycles. The van der Waals surface area contributed by atoms with Crippen molar-refractivity contribution in [1.82, 2.24) is 8.87 Å². The van der Waals surface area contributed by atoms with Gasteiger partial charge < -0.3 is 3.88 Å². The molecule has 1 amide bonds. The van der Waals surface area contributed by atoms with Gasteiger partial charge in [0.25, 0.3) is 0 Å². The van der Waals surface area contributed by atoms with Gasteiger partial charge in [0.1, 0.15) is 0 Å². The van der Waals surface area contributed by atoms with Crippen molar-refractivity contribution in [3.63, 3.8) is 0 Å². The number of rotatable bonds is 3. The van der Waals surface area contributed by atoms with E-state index in [1.807, 2.05) is 48.5 Å². The molecule has 0 aliphatic heterocycles.